The first kappa shape index (κ1) is 14.5. The van der Waals surface area contributed by atoms with Gasteiger partial charge in [0.25, 0.3) is 0 Å². The van der Waals surface area contributed by atoms with Gasteiger partial charge in [-0.2, -0.15) is 0 Å². The van der Waals surface area contributed by atoms with Crippen LogP contribution in [-0.2, 0) is 0 Å². The number of allylic oxidation sites excluding steroid dienone is 3. The van der Waals surface area contributed by atoms with Crippen molar-refractivity contribution in [3.05, 3.63) is 29.7 Å². The first-order valence-corrected chi connectivity index (χ1v) is 4.62. The SMILES string of the molecule is CC(C)=CC=C1C[C@@H](O)[CH-][C@H](O)C1.[U]. The van der Waals surface area contributed by atoms with E-state index in [2.05, 4.69) is 0 Å². The summed E-state index contributed by atoms with van der Waals surface area (Å²) in [5.74, 6) is 0. The van der Waals surface area contributed by atoms with Gasteiger partial charge in [-0.1, -0.05) is 35.5 Å². The number of aliphatic hydroxyl groups is 2. The number of hydrogen-bond acceptors (Lipinski definition) is 2. The normalized spacial score (nSPS) is 26.4. The minimum atomic E-state index is -0.486. The molecule has 1 saturated carbocycles. The zero-order valence-corrected chi connectivity index (χ0v) is 12.9. The van der Waals surface area contributed by atoms with Gasteiger partial charge in [0.1, 0.15) is 0 Å². The van der Waals surface area contributed by atoms with Crippen LogP contribution in [0.25, 0.3) is 0 Å². The smallest absolute Gasteiger partial charge is 0 e. The topological polar surface area (TPSA) is 40.5 Å². The average Bonchev–Trinajstić information content (AvgIpc) is 1.99. The van der Waals surface area contributed by atoms with Crippen molar-refractivity contribution in [2.24, 2.45) is 0 Å². The van der Waals surface area contributed by atoms with Crippen molar-refractivity contribution in [3.8, 4) is 0 Å². The van der Waals surface area contributed by atoms with Crippen molar-refractivity contribution in [2.45, 2.75) is 38.9 Å². The summed E-state index contributed by atoms with van der Waals surface area (Å²) in [4.78, 5) is 0. The van der Waals surface area contributed by atoms with Crippen LogP contribution in [0.5, 0.6) is 0 Å². The summed E-state index contributed by atoms with van der Waals surface area (Å²) in [6.07, 6.45) is 5.93. The number of rotatable bonds is 1. The molecule has 0 aliphatic heterocycles. The van der Waals surface area contributed by atoms with Gasteiger partial charge in [-0.05, 0) is 26.7 Å². The van der Waals surface area contributed by atoms with Crippen LogP contribution >= 0.6 is 0 Å². The van der Waals surface area contributed by atoms with E-state index in [1.165, 1.54) is 5.57 Å². The van der Waals surface area contributed by atoms with Gasteiger partial charge in [0.05, 0.1) is 0 Å². The molecule has 0 aromatic heterocycles. The van der Waals surface area contributed by atoms with Gasteiger partial charge in [0.15, 0.2) is 0 Å². The Bertz CT molecular complexity index is 217. The largest absolute Gasteiger partial charge is 0.425 e. The van der Waals surface area contributed by atoms with Gasteiger partial charge in [0.2, 0.25) is 0 Å². The van der Waals surface area contributed by atoms with Crippen LogP contribution < -0.4 is 0 Å². The maximum atomic E-state index is 9.34. The quantitative estimate of drug-likeness (QED) is 0.635. The molecule has 0 unspecified atom stereocenters. The van der Waals surface area contributed by atoms with E-state index in [4.69, 9.17) is 0 Å². The van der Waals surface area contributed by atoms with Crippen LogP contribution in [0.2, 0.25) is 0 Å². The van der Waals surface area contributed by atoms with E-state index in [1.54, 1.807) is 6.42 Å². The Balaban J connectivity index is 0.00000169. The molecule has 0 spiro atoms. The summed E-state index contributed by atoms with van der Waals surface area (Å²) in [6.45, 7) is 4.05. The second kappa shape index (κ2) is 6.85. The molecule has 2 nitrogen and oxygen atoms in total. The van der Waals surface area contributed by atoms with E-state index in [1.807, 2.05) is 26.0 Å². The second-order valence-corrected chi connectivity index (χ2v) is 3.80. The summed E-state index contributed by atoms with van der Waals surface area (Å²) in [6, 6.07) is 0. The van der Waals surface area contributed by atoms with Crippen molar-refractivity contribution in [2.75, 3.05) is 0 Å². The first-order valence-electron chi connectivity index (χ1n) is 4.62. The molecule has 2 atom stereocenters. The molecule has 2 N–H and O–H groups in total. The Labute approximate surface area is 109 Å². The molecule has 78 valence electrons. The molecular formula is C11H17O2U-. The molecule has 1 rings (SSSR count). The van der Waals surface area contributed by atoms with Crippen LogP contribution in [0.4, 0.5) is 0 Å². The van der Waals surface area contributed by atoms with Gasteiger partial charge in [0, 0.05) is 31.1 Å². The molecule has 0 saturated heterocycles. The molecule has 1 fully saturated rings. The fourth-order valence-corrected chi connectivity index (χ4v) is 1.43. The van der Waals surface area contributed by atoms with E-state index in [9.17, 15) is 10.2 Å². The maximum Gasteiger partial charge on any atom is 0 e. The van der Waals surface area contributed by atoms with E-state index < -0.39 is 12.2 Å². The monoisotopic (exact) mass is 419 g/mol. The molecule has 0 aromatic carbocycles. The van der Waals surface area contributed by atoms with Crippen molar-refractivity contribution in [1.82, 2.24) is 0 Å². The maximum absolute atomic E-state index is 9.34. The van der Waals surface area contributed by atoms with Crippen LogP contribution in [0.15, 0.2) is 23.3 Å². The van der Waals surface area contributed by atoms with E-state index in [0.717, 1.165) is 5.57 Å². The Hall–Kier alpha value is 0.452. The summed E-state index contributed by atoms with van der Waals surface area (Å²) in [5, 5.41) is 18.7. The van der Waals surface area contributed by atoms with Crippen LogP contribution in [0, 0.1) is 37.5 Å². The number of aliphatic hydroxyl groups excluding tert-OH is 2. The van der Waals surface area contributed by atoms with Crippen LogP contribution in [-0.4, -0.2) is 22.4 Å². The summed E-state index contributed by atoms with van der Waals surface area (Å²) in [7, 11) is 0. The van der Waals surface area contributed by atoms with E-state index in [0.29, 0.717) is 12.8 Å². The molecule has 1 aliphatic carbocycles. The standard InChI is InChI=1S/C11H17O2.U/c1-8(2)3-4-9-5-10(12)7-11(13)6-9;/h3-4,7,10-13H,5-6H2,1-2H3;/q-1;/t10-,11-;/m1./s1. The summed E-state index contributed by atoms with van der Waals surface area (Å²) >= 11 is 0. The van der Waals surface area contributed by atoms with Crippen LogP contribution in [0.3, 0.4) is 0 Å². The van der Waals surface area contributed by atoms with Gasteiger partial charge in [-0.15, -0.1) is 0 Å². The third kappa shape index (κ3) is 5.36. The molecule has 0 bridgehead atoms. The molecular weight excluding hydrogens is 402 g/mol. The Morgan fingerprint density at radius 1 is 1.29 bits per heavy atom. The van der Waals surface area contributed by atoms with Crippen molar-refractivity contribution < 1.29 is 41.3 Å². The molecule has 14 heavy (non-hydrogen) atoms. The van der Waals surface area contributed by atoms with Crippen molar-refractivity contribution in [1.29, 1.82) is 0 Å². The Morgan fingerprint density at radius 3 is 2.21 bits per heavy atom. The third-order valence-corrected chi connectivity index (χ3v) is 2.04. The first-order chi connectivity index (χ1) is 6.08. The zero-order valence-electron chi connectivity index (χ0n) is 8.70. The zero-order chi connectivity index (χ0) is 9.84. The molecule has 0 radical (unpaired) electrons. The fraction of sp³-hybridized carbons (Fsp3) is 0.545. The van der Waals surface area contributed by atoms with E-state index in [-0.39, 0.29) is 31.1 Å². The molecule has 0 amide bonds. The van der Waals surface area contributed by atoms with Crippen molar-refractivity contribution >= 4 is 0 Å². The van der Waals surface area contributed by atoms with Gasteiger partial charge < -0.3 is 10.2 Å². The van der Waals surface area contributed by atoms with Crippen molar-refractivity contribution in [3.63, 3.8) is 0 Å². The predicted octanol–water partition coefficient (Wildman–Crippen LogP) is 1.60. The minimum Gasteiger partial charge on any atom is -0.425 e. The fourth-order valence-electron chi connectivity index (χ4n) is 1.43. The summed E-state index contributed by atoms with van der Waals surface area (Å²) in [5.41, 5.74) is 2.34. The summed E-state index contributed by atoms with van der Waals surface area (Å²) < 4.78 is 0. The minimum absolute atomic E-state index is 0. The van der Waals surface area contributed by atoms with Gasteiger partial charge >= 0.3 is 0 Å². The second-order valence-electron chi connectivity index (χ2n) is 3.80. The van der Waals surface area contributed by atoms with Gasteiger partial charge in [-0.25, -0.2) is 0 Å². The Morgan fingerprint density at radius 2 is 1.79 bits per heavy atom. The molecule has 0 aromatic rings. The predicted molar refractivity (Wildman–Crippen MR) is 53.1 cm³/mol. The third-order valence-electron chi connectivity index (χ3n) is 2.04. The number of hydrogen-bond donors (Lipinski definition) is 2. The van der Waals surface area contributed by atoms with Crippen LogP contribution in [0.1, 0.15) is 26.7 Å². The molecule has 0 heterocycles. The van der Waals surface area contributed by atoms with E-state index >= 15 is 0 Å². The Kier molecular flexibility index (Phi) is 7.07. The molecule has 3 heteroatoms. The average molecular weight is 419 g/mol. The molecule has 1 aliphatic rings. The van der Waals surface area contributed by atoms with Gasteiger partial charge in [-0.3, -0.25) is 6.42 Å².